The van der Waals surface area contributed by atoms with Gasteiger partial charge >= 0.3 is 0 Å². The Morgan fingerprint density at radius 3 is 2.84 bits per heavy atom. The van der Waals surface area contributed by atoms with E-state index >= 15 is 0 Å². The monoisotopic (exact) mass is 326 g/mol. The molecule has 0 spiro atoms. The summed E-state index contributed by atoms with van der Waals surface area (Å²) in [6.45, 7) is 0. The number of hydrogen-bond donors (Lipinski definition) is 1. The average molecular weight is 327 g/mol. The zero-order chi connectivity index (χ0) is 13.8. The number of nitrogens with one attached hydrogen (secondary N) is 1. The molecule has 0 atom stereocenters. The molecule has 1 N–H and O–H groups in total. The van der Waals surface area contributed by atoms with Gasteiger partial charge in [-0.15, -0.1) is 0 Å². The lowest BCUT2D eigenvalue weighted by atomic mass is 10.1. The molecule has 0 saturated carbocycles. The minimum absolute atomic E-state index is 0.0143. The van der Waals surface area contributed by atoms with Crippen molar-refractivity contribution in [2.75, 3.05) is 5.32 Å². The van der Waals surface area contributed by atoms with Gasteiger partial charge in [-0.05, 0) is 28.1 Å². The number of benzene rings is 1. The fraction of sp³-hybridized carbons (Fsp3) is 0.0769. The molecule has 6 heteroatoms. The highest BCUT2D eigenvalue weighted by Gasteiger charge is 2.11. The van der Waals surface area contributed by atoms with Crippen LogP contribution in [0.5, 0.6) is 0 Å². The van der Waals surface area contributed by atoms with E-state index in [-0.39, 0.29) is 12.0 Å². The van der Waals surface area contributed by atoms with E-state index in [1.807, 2.05) is 0 Å². The number of hydrogen-bond acceptors (Lipinski definition) is 2. The number of nitrogens with zero attached hydrogens (tertiary/aromatic N) is 1. The average Bonchev–Trinajstić information content (AvgIpc) is 2.35. The third-order valence-electron chi connectivity index (χ3n) is 2.37. The van der Waals surface area contributed by atoms with Crippen LogP contribution in [0.4, 0.5) is 14.5 Å². The lowest BCUT2D eigenvalue weighted by Crippen LogP contribution is -2.15. The standard InChI is InChI=1S/C13H9BrF2N2O/c14-9-5-10(7-17-6-9)18-12(19)4-8-2-1-3-11(15)13(8)16/h1-3,5-7H,4H2,(H,18,19). The number of aromatic nitrogens is 1. The van der Waals surface area contributed by atoms with Crippen LogP contribution in [-0.2, 0) is 11.2 Å². The second-order valence-corrected chi connectivity index (χ2v) is 4.75. The molecule has 0 aliphatic heterocycles. The molecule has 0 aliphatic rings. The number of rotatable bonds is 3. The van der Waals surface area contributed by atoms with Gasteiger partial charge in [-0.25, -0.2) is 8.78 Å². The van der Waals surface area contributed by atoms with Gasteiger partial charge in [-0.2, -0.15) is 0 Å². The van der Waals surface area contributed by atoms with Crippen molar-refractivity contribution >= 4 is 27.5 Å². The van der Waals surface area contributed by atoms with Crippen LogP contribution in [0.3, 0.4) is 0 Å². The molecule has 0 aliphatic carbocycles. The first-order valence-electron chi connectivity index (χ1n) is 5.39. The molecule has 3 nitrogen and oxygen atoms in total. The maximum atomic E-state index is 13.4. The van der Waals surface area contributed by atoms with Crippen molar-refractivity contribution in [1.82, 2.24) is 4.98 Å². The van der Waals surface area contributed by atoms with Crippen molar-refractivity contribution in [3.8, 4) is 0 Å². The molecule has 0 radical (unpaired) electrons. The fourth-order valence-electron chi connectivity index (χ4n) is 1.54. The van der Waals surface area contributed by atoms with Crippen molar-refractivity contribution in [1.29, 1.82) is 0 Å². The van der Waals surface area contributed by atoms with Gasteiger partial charge in [0.1, 0.15) is 0 Å². The summed E-state index contributed by atoms with van der Waals surface area (Å²) in [4.78, 5) is 15.6. The molecule has 19 heavy (non-hydrogen) atoms. The molecule has 0 saturated heterocycles. The summed E-state index contributed by atoms with van der Waals surface area (Å²) in [5.74, 6) is -2.40. The van der Waals surface area contributed by atoms with Crippen LogP contribution < -0.4 is 5.32 Å². The Morgan fingerprint density at radius 1 is 1.32 bits per heavy atom. The SMILES string of the molecule is O=C(Cc1cccc(F)c1F)Nc1cncc(Br)c1. The van der Waals surface area contributed by atoms with E-state index in [9.17, 15) is 13.6 Å². The second kappa shape index (κ2) is 5.88. The van der Waals surface area contributed by atoms with Gasteiger partial charge in [-0.3, -0.25) is 9.78 Å². The third-order valence-corrected chi connectivity index (χ3v) is 2.80. The van der Waals surface area contributed by atoms with Gasteiger partial charge < -0.3 is 5.32 Å². The van der Waals surface area contributed by atoms with Crippen LogP contribution >= 0.6 is 15.9 Å². The molecule has 1 amide bonds. The van der Waals surface area contributed by atoms with Gasteiger partial charge in [0.25, 0.3) is 0 Å². The summed E-state index contributed by atoms with van der Waals surface area (Å²) in [6.07, 6.45) is 2.79. The van der Waals surface area contributed by atoms with Crippen LogP contribution in [0.2, 0.25) is 0 Å². The van der Waals surface area contributed by atoms with E-state index in [4.69, 9.17) is 0 Å². The molecule has 2 rings (SSSR count). The molecule has 0 unspecified atom stereocenters. The van der Waals surface area contributed by atoms with E-state index < -0.39 is 17.5 Å². The Kier molecular flexibility index (Phi) is 4.21. The molecule has 0 fully saturated rings. The first-order valence-corrected chi connectivity index (χ1v) is 6.19. The quantitative estimate of drug-likeness (QED) is 0.940. The van der Waals surface area contributed by atoms with E-state index in [0.717, 1.165) is 6.07 Å². The largest absolute Gasteiger partial charge is 0.324 e. The van der Waals surface area contributed by atoms with Crippen molar-refractivity contribution < 1.29 is 13.6 Å². The smallest absolute Gasteiger partial charge is 0.228 e. The molecule has 98 valence electrons. The highest BCUT2D eigenvalue weighted by atomic mass is 79.9. The predicted molar refractivity (Wildman–Crippen MR) is 70.6 cm³/mol. The van der Waals surface area contributed by atoms with Gasteiger partial charge in [0, 0.05) is 16.2 Å². The fourth-order valence-corrected chi connectivity index (χ4v) is 1.91. The Hall–Kier alpha value is -1.82. The predicted octanol–water partition coefficient (Wildman–Crippen LogP) is 3.30. The van der Waals surface area contributed by atoms with Crippen molar-refractivity contribution in [2.24, 2.45) is 0 Å². The molecular weight excluding hydrogens is 318 g/mol. The van der Waals surface area contributed by atoms with Crippen LogP contribution in [0.1, 0.15) is 5.56 Å². The number of halogens is 3. The third kappa shape index (κ3) is 3.57. The normalized spacial score (nSPS) is 10.3. The Morgan fingerprint density at radius 2 is 2.11 bits per heavy atom. The molecule has 1 aromatic carbocycles. The van der Waals surface area contributed by atoms with Crippen LogP contribution in [0.25, 0.3) is 0 Å². The Labute approximate surface area is 116 Å². The molecular formula is C13H9BrF2N2O. The first-order chi connectivity index (χ1) is 9.06. The lowest BCUT2D eigenvalue weighted by molar-refractivity contribution is -0.115. The maximum absolute atomic E-state index is 13.4. The van der Waals surface area contributed by atoms with Crippen LogP contribution in [0, 0.1) is 11.6 Å². The Balaban J connectivity index is 2.08. The topological polar surface area (TPSA) is 42.0 Å². The molecule has 1 heterocycles. The van der Waals surface area contributed by atoms with Gasteiger partial charge in [0.2, 0.25) is 5.91 Å². The van der Waals surface area contributed by atoms with Crippen molar-refractivity contribution in [2.45, 2.75) is 6.42 Å². The summed E-state index contributed by atoms with van der Waals surface area (Å²) in [7, 11) is 0. The zero-order valence-electron chi connectivity index (χ0n) is 9.66. The summed E-state index contributed by atoms with van der Waals surface area (Å²) >= 11 is 3.22. The second-order valence-electron chi connectivity index (χ2n) is 3.83. The summed E-state index contributed by atoms with van der Waals surface area (Å²) in [6, 6.07) is 5.40. The number of carbonyl (C=O) groups excluding carboxylic acids is 1. The molecule has 1 aromatic heterocycles. The minimum atomic E-state index is -0.995. The van der Waals surface area contributed by atoms with Crippen LogP contribution in [0.15, 0.2) is 41.1 Å². The number of amides is 1. The summed E-state index contributed by atoms with van der Waals surface area (Å²) in [5.41, 5.74) is 0.497. The number of carbonyl (C=O) groups is 1. The van der Waals surface area contributed by atoms with Crippen molar-refractivity contribution in [3.63, 3.8) is 0 Å². The summed E-state index contributed by atoms with van der Waals surface area (Å²) < 4.78 is 27.1. The van der Waals surface area contributed by atoms with Gasteiger partial charge in [0.15, 0.2) is 11.6 Å². The highest BCUT2D eigenvalue weighted by Crippen LogP contribution is 2.15. The number of pyridine rings is 1. The molecule has 0 bridgehead atoms. The van der Waals surface area contributed by atoms with E-state index in [1.165, 1.54) is 18.3 Å². The maximum Gasteiger partial charge on any atom is 0.228 e. The van der Waals surface area contributed by atoms with Crippen LogP contribution in [-0.4, -0.2) is 10.9 Å². The van der Waals surface area contributed by atoms with Gasteiger partial charge in [0.05, 0.1) is 18.3 Å². The number of anilines is 1. The zero-order valence-corrected chi connectivity index (χ0v) is 11.2. The molecule has 2 aromatic rings. The lowest BCUT2D eigenvalue weighted by Gasteiger charge is -2.06. The van der Waals surface area contributed by atoms with E-state index in [0.29, 0.717) is 10.2 Å². The first kappa shape index (κ1) is 13.6. The highest BCUT2D eigenvalue weighted by molar-refractivity contribution is 9.10. The van der Waals surface area contributed by atoms with Crippen molar-refractivity contribution in [3.05, 3.63) is 58.3 Å². The van der Waals surface area contributed by atoms with Gasteiger partial charge in [-0.1, -0.05) is 12.1 Å². The Bertz CT molecular complexity index is 619. The minimum Gasteiger partial charge on any atom is -0.324 e. The summed E-state index contributed by atoms with van der Waals surface area (Å²) in [5, 5.41) is 2.56. The van der Waals surface area contributed by atoms with E-state index in [2.05, 4.69) is 26.2 Å². The van der Waals surface area contributed by atoms with E-state index in [1.54, 1.807) is 12.3 Å².